The van der Waals surface area contributed by atoms with Crippen molar-refractivity contribution in [3.63, 3.8) is 0 Å². The highest BCUT2D eigenvalue weighted by molar-refractivity contribution is 5.98. The van der Waals surface area contributed by atoms with Gasteiger partial charge in [0.15, 0.2) is 12.4 Å². The van der Waals surface area contributed by atoms with E-state index in [2.05, 4.69) is 12.1 Å². The van der Waals surface area contributed by atoms with Crippen LogP contribution in [-0.4, -0.2) is 18.4 Å². The first-order valence-electron chi connectivity index (χ1n) is 10.0. The minimum atomic E-state index is -0.535. The molecule has 2 aromatic rings. The molecule has 2 aliphatic rings. The van der Waals surface area contributed by atoms with Crippen molar-refractivity contribution in [2.24, 2.45) is 0 Å². The number of hydrogen-bond acceptors (Lipinski definition) is 3. The van der Waals surface area contributed by atoms with Gasteiger partial charge in [-0.2, -0.15) is 0 Å². The van der Waals surface area contributed by atoms with Gasteiger partial charge in [-0.15, -0.1) is 0 Å². The lowest BCUT2D eigenvalue weighted by molar-refractivity contribution is -0.145. The Morgan fingerprint density at radius 1 is 0.889 bits per heavy atom. The van der Waals surface area contributed by atoms with Crippen LogP contribution in [0.2, 0.25) is 0 Å². The van der Waals surface area contributed by atoms with Crippen molar-refractivity contribution in [1.82, 2.24) is 0 Å². The number of esters is 1. The Hall–Kier alpha value is -2.42. The molecule has 27 heavy (non-hydrogen) atoms. The number of carbonyl (C=O) groups excluding carboxylic acids is 2. The molecule has 0 aromatic heterocycles. The summed E-state index contributed by atoms with van der Waals surface area (Å²) in [6, 6.07) is 17.6. The van der Waals surface area contributed by atoms with Gasteiger partial charge in [-0.25, -0.2) is 0 Å². The molecule has 0 spiro atoms. The van der Waals surface area contributed by atoms with Gasteiger partial charge in [-0.1, -0.05) is 73.9 Å². The maximum atomic E-state index is 12.5. The van der Waals surface area contributed by atoms with Gasteiger partial charge < -0.3 is 4.74 Å². The molecule has 2 saturated carbocycles. The summed E-state index contributed by atoms with van der Waals surface area (Å²) in [6.45, 7) is -0.184. The number of ether oxygens (including phenoxy) is 1. The van der Waals surface area contributed by atoms with E-state index in [-0.39, 0.29) is 18.4 Å². The fourth-order valence-electron chi connectivity index (χ4n) is 4.22. The Kier molecular flexibility index (Phi) is 5.11. The molecule has 2 aromatic carbocycles. The number of rotatable bonds is 6. The molecule has 4 rings (SSSR count). The highest BCUT2D eigenvalue weighted by Gasteiger charge is 2.52. The zero-order valence-electron chi connectivity index (χ0n) is 15.7. The smallest absolute Gasteiger partial charge is 0.317 e. The Morgan fingerprint density at radius 3 is 2.19 bits per heavy atom. The van der Waals surface area contributed by atoms with Crippen LogP contribution in [0.15, 0.2) is 54.6 Å². The summed E-state index contributed by atoms with van der Waals surface area (Å²) < 4.78 is 5.40. The van der Waals surface area contributed by atoms with Gasteiger partial charge in [0, 0.05) is 5.56 Å². The number of ketones is 1. The lowest BCUT2D eigenvalue weighted by atomic mass is 9.84. The standard InChI is InChI=1S/C24H26O3/c25-22(20-13-11-19(12-14-20)18-7-3-1-4-8-18)17-27-23(26)24(15-16-24)21-9-5-2-6-10-21/h2,5-6,9-14,18H,1,3-4,7-8,15-17H2. The van der Waals surface area contributed by atoms with Gasteiger partial charge in [-0.05, 0) is 42.7 Å². The molecule has 0 N–H and O–H groups in total. The lowest BCUT2D eigenvalue weighted by Gasteiger charge is -2.22. The van der Waals surface area contributed by atoms with E-state index in [4.69, 9.17) is 4.74 Å². The van der Waals surface area contributed by atoms with E-state index in [1.54, 1.807) is 0 Å². The van der Waals surface area contributed by atoms with Crippen LogP contribution >= 0.6 is 0 Å². The highest BCUT2D eigenvalue weighted by atomic mass is 16.5. The molecule has 0 saturated heterocycles. The molecule has 0 aliphatic heterocycles. The SMILES string of the molecule is O=C(COC(=O)C1(c2ccccc2)CC1)c1ccc(C2CCCCC2)cc1. The molecule has 0 amide bonds. The van der Waals surface area contributed by atoms with Crippen LogP contribution in [0.3, 0.4) is 0 Å². The highest BCUT2D eigenvalue weighted by Crippen LogP contribution is 2.49. The predicted molar refractivity (Wildman–Crippen MR) is 105 cm³/mol. The zero-order valence-corrected chi connectivity index (χ0v) is 15.7. The van der Waals surface area contributed by atoms with Gasteiger partial charge in [-0.3, -0.25) is 9.59 Å². The van der Waals surface area contributed by atoms with Gasteiger partial charge >= 0.3 is 5.97 Å². The predicted octanol–water partition coefficient (Wildman–Crippen LogP) is 5.19. The lowest BCUT2D eigenvalue weighted by Crippen LogP contribution is -2.25. The van der Waals surface area contributed by atoms with E-state index >= 15 is 0 Å². The van der Waals surface area contributed by atoms with E-state index in [1.807, 2.05) is 42.5 Å². The Morgan fingerprint density at radius 2 is 1.56 bits per heavy atom. The minimum absolute atomic E-state index is 0.137. The molecule has 3 heteroatoms. The second-order valence-electron chi connectivity index (χ2n) is 7.90. The number of carbonyl (C=O) groups is 2. The molecule has 0 bridgehead atoms. The van der Waals surface area contributed by atoms with E-state index in [0.717, 1.165) is 18.4 Å². The largest absolute Gasteiger partial charge is 0.457 e. The van der Waals surface area contributed by atoms with Gasteiger partial charge in [0.05, 0.1) is 5.41 Å². The van der Waals surface area contributed by atoms with E-state index in [1.165, 1.54) is 37.7 Å². The minimum Gasteiger partial charge on any atom is -0.457 e. The van der Waals surface area contributed by atoms with E-state index in [9.17, 15) is 9.59 Å². The molecule has 140 valence electrons. The molecule has 0 radical (unpaired) electrons. The van der Waals surface area contributed by atoms with Crippen LogP contribution < -0.4 is 0 Å². The van der Waals surface area contributed by atoms with Crippen LogP contribution in [0.5, 0.6) is 0 Å². The third-order valence-corrected chi connectivity index (χ3v) is 6.11. The van der Waals surface area contributed by atoms with Gasteiger partial charge in [0.2, 0.25) is 0 Å². The average Bonchev–Trinajstić information content (AvgIpc) is 3.55. The summed E-state index contributed by atoms with van der Waals surface area (Å²) in [5.41, 5.74) is 2.39. The van der Waals surface area contributed by atoms with Crippen molar-refractivity contribution < 1.29 is 14.3 Å². The second-order valence-corrected chi connectivity index (χ2v) is 7.90. The number of hydrogen-bond donors (Lipinski definition) is 0. The Balaban J connectivity index is 1.35. The summed E-state index contributed by atoms with van der Waals surface area (Å²) in [6.07, 6.45) is 8.00. The third-order valence-electron chi connectivity index (χ3n) is 6.11. The van der Waals surface area contributed by atoms with Crippen molar-refractivity contribution >= 4 is 11.8 Å². The Labute approximate surface area is 160 Å². The molecule has 2 fully saturated rings. The van der Waals surface area contributed by atoms with E-state index in [0.29, 0.717) is 11.5 Å². The topological polar surface area (TPSA) is 43.4 Å². The first kappa shape index (κ1) is 18.0. The summed E-state index contributed by atoms with van der Waals surface area (Å²) in [5, 5.41) is 0. The van der Waals surface area contributed by atoms with Gasteiger partial charge in [0.1, 0.15) is 0 Å². The first-order valence-corrected chi connectivity index (χ1v) is 10.0. The summed E-state index contributed by atoms with van der Waals surface area (Å²) >= 11 is 0. The molecule has 0 unspecified atom stereocenters. The van der Waals surface area contributed by atoms with E-state index < -0.39 is 5.41 Å². The van der Waals surface area contributed by atoms with Crippen molar-refractivity contribution in [2.45, 2.75) is 56.3 Å². The zero-order chi connectivity index (χ0) is 18.7. The molecule has 2 aliphatic carbocycles. The molecular weight excluding hydrogens is 336 g/mol. The van der Waals surface area contributed by atoms with Crippen LogP contribution in [0.4, 0.5) is 0 Å². The van der Waals surface area contributed by atoms with Crippen LogP contribution in [-0.2, 0) is 14.9 Å². The Bertz CT molecular complexity index is 797. The number of benzene rings is 2. The summed E-state index contributed by atoms with van der Waals surface area (Å²) in [7, 11) is 0. The molecular formula is C24H26O3. The van der Waals surface area contributed by atoms with Crippen molar-refractivity contribution in [1.29, 1.82) is 0 Å². The van der Waals surface area contributed by atoms with Crippen LogP contribution in [0, 0.1) is 0 Å². The van der Waals surface area contributed by atoms with Gasteiger partial charge in [0.25, 0.3) is 0 Å². The summed E-state index contributed by atoms with van der Waals surface area (Å²) in [5.74, 6) is 0.213. The quantitative estimate of drug-likeness (QED) is 0.524. The maximum Gasteiger partial charge on any atom is 0.317 e. The fraction of sp³-hybridized carbons (Fsp3) is 0.417. The monoisotopic (exact) mass is 362 g/mol. The van der Waals surface area contributed by atoms with Crippen molar-refractivity contribution in [3.05, 3.63) is 71.3 Å². The van der Waals surface area contributed by atoms with Crippen LogP contribution in [0.1, 0.15) is 72.3 Å². The summed E-state index contributed by atoms with van der Waals surface area (Å²) in [4.78, 5) is 25.0. The molecule has 3 nitrogen and oxygen atoms in total. The average molecular weight is 362 g/mol. The first-order chi connectivity index (χ1) is 13.2. The maximum absolute atomic E-state index is 12.5. The van der Waals surface area contributed by atoms with Crippen LogP contribution in [0.25, 0.3) is 0 Å². The third kappa shape index (κ3) is 3.83. The number of Topliss-reactive ketones (excluding diaryl/α,β-unsaturated/α-hetero) is 1. The normalized spacial score (nSPS) is 18.7. The van der Waals surface area contributed by atoms with Crippen molar-refractivity contribution in [2.75, 3.05) is 6.61 Å². The molecule has 0 atom stereocenters. The van der Waals surface area contributed by atoms with Crippen molar-refractivity contribution in [3.8, 4) is 0 Å². The molecule has 0 heterocycles. The second kappa shape index (κ2) is 7.67. The fourth-order valence-corrected chi connectivity index (χ4v) is 4.22.